The van der Waals surface area contributed by atoms with E-state index >= 15 is 0 Å². The molecule has 2 heterocycles. The molecule has 0 aliphatic heterocycles. The number of benzene rings is 2. The van der Waals surface area contributed by atoms with Crippen molar-refractivity contribution in [3.63, 3.8) is 0 Å². The summed E-state index contributed by atoms with van der Waals surface area (Å²) in [6, 6.07) is 12.3. The van der Waals surface area contributed by atoms with Crippen LogP contribution in [0.1, 0.15) is 24.4 Å². The minimum Gasteiger partial charge on any atom is -0.493 e. The summed E-state index contributed by atoms with van der Waals surface area (Å²) in [6.45, 7) is 3.96. The van der Waals surface area contributed by atoms with Gasteiger partial charge in [0.15, 0.2) is 11.5 Å². The Morgan fingerprint density at radius 3 is 2.25 bits per heavy atom. The zero-order chi connectivity index (χ0) is 22.7. The van der Waals surface area contributed by atoms with Gasteiger partial charge in [-0.2, -0.15) is 0 Å². The van der Waals surface area contributed by atoms with Crippen LogP contribution >= 0.6 is 0 Å². The van der Waals surface area contributed by atoms with Gasteiger partial charge in [0, 0.05) is 35.5 Å². The van der Waals surface area contributed by atoms with Crippen molar-refractivity contribution in [3.8, 4) is 28.6 Å². The fourth-order valence-corrected chi connectivity index (χ4v) is 3.53. The second-order valence-electron chi connectivity index (χ2n) is 7.29. The van der Waals surface area contributed by atoms with Crippen molar-refractivity contribution >= 4 is 16.7 Å². The third-order valence-corrected chi connectivity index (χ3v) is 5.20. The minimum atomic E-state index is -0.0142. The van der Waals surface area contributed by atoms with Crippen molar-refractivity contribution in [3.05, 3.63) is 60.2 Å². The number of aromatic nitrogens is 4. The van der Waals surface area contributed by atoms with Crippen LogP contribution in [0.25, 0.3) is 22.0 Å². The molecule has 0 unspecified atom stereocenters. The van der Waals surface area contributed by atoms with E-state index in [1.807, 2.05) is 31.2 Å². The van der Waals surface area contributed by atoms with Crippen molar-refractivity contribution in [1.82, 2.24) is 19.9 Å². The summed E-state index contributed by atoms with van der Waals surface area (Å²) < 4.78 is 15.9. The maximum Gasteiger partial charge on any atom is 0.316 e. The first kappa shape index (κ1) is 21.3. The van der Waals surface area contributed by atoms with Crippen molar-refractivity contribution in [1.29, 1.82) is 0 Å². The molecular formula is C24H25N5O3. The Kier molecular flexibility index (Phi) is 6.02. The summed E-state index contributed by atoms with van der Waals surface area (Å²) in [5, 5.41) is 4.39. The van der Waals surface area contributed by atoms with E-state index in [2.05, 4.69) is 44.3 Å². The number of aryl methyl sites for hydroxylation is 1. The van der Waals surface area contributed by atoms with Gasteiger partial charge >= 0.3 is 6.01 Å². The molecule has 0 amide bonds. The van der Waals surface area contributed by atoms with Gasteiger partial charge in [-0.15, -0.1) is 0 Å². The fourth-order valence-electron chi connectivity index (χ4n) is 3.53. The van der Waals surface area contributed by atoms with Gasteiger partial charge in [0.25, 0.3) is 0 Å². The molecule has 32 heavy (non-hydrogen) atoms. The molecule has 4 rings (SSSR count). The molecule has 8 nitrogen and oxygen atoms in total. The number of rotatable bonds is 7. The first-order valence-corrected chi connectivity index (χ1v) is 10.2. The highest BCUT2D eigenvalue weighted by atomic mass is 16.5. The Balaban J connectivity index is 1.67. The Bertz CT molecular complexity index is 1240. The maximum absolute atomic E-state index is 5.47. The fraction of sp³-hybridized carbons (Fsp3) is 0.250. The van der Waals surface area contributed by atoms with Crippen molar-refractivity contribution < 1.29 is 14.2 Å². The van der Waals surface area contributed by atoms with E-state index in [0.717, 1.165) is 33.4 Å². The third kappa shape index (κ3) is 4.25. The summed E-state index contributed by atoms with van der Waals surface area (Å²) in [5.74, 6) is 2.67. The molecule has 1 atom stereocenters. The molecule has 4 aromatic rings. The van der Waals surface area contributed by atoms with Crippen LogP contribution in [0.3, 0.4) is 0 Å². The highest BCUT2D eigenvalue weighted by Gasteiger charge is 2.15. The Labute approximate surface area is 186 Å². The normalized spacial score (nSPS) is 11.8. The van der Waals surface area contributed by atoms with Crippen molar-refractivity contribution in [2.24, 2.45) is 0 Å². The zero-order valence-electron chi connectivity index (χ0n) is 18.7. The van der Waals surface area contributed by atoms with E-state index in [4.69, 9.17) is 14.2 Å². The number of ether oxygens (including phenoxy) is 3. The van der Waals surface area contributed by atoms with E-state index < -0.39 is 0 Å². The van der Waals surface area contributed by atoms with Crippen LogP contribution in [0, 0.1) is 6.92 Å². The van der Waals surface area contributed by atoms with Gasteiger partial charge in [-0.3, -0.25) is 0 Å². The van der Waals surface area contributed by atoms with Crippen LogP contribution in [-0.2, 0) is 0 Å². The molecule has 0 spiro atoms. The maximum atomic E-state index is 5.47. The summed E-state index contributed by atoms with van der Waals surface area (Å²) in [6.07, 6.45) is 3.51. The predicted molar refractivity (Wildman–Crippen MR) is 123 cm³/mol. The van der Waals surface area contributed by atoms with Gasteiger partial charge in [-0.25, -0.2) is 19.9 Å². The predicted octanol–water partition coefficient (Wildman–Crippen LogP) is 4.59. The van der Waals surface area contributed by atoms with E-state index in [9.17, 15) is 0 Å². The number of hydrogen-bond donors (Lipinski definition) is 1. The first-order valence-electron chi connectivity index (χ1n) is 10.2. The number of nitrogens with zero attached hydrogens (tertiary/aromatic N) is 4. The van der Waals surface area contributed by atoms with Crippen LogP contribution in [0.4, 0.5) is 5.82 Å². The summed E-state index contributed by atoms with van der Waals surface area (Å²) in [7, 11) is 4.77. The van der Waals surface area contributed by atoms with Gasteiger partial charge in [-0.05, 0) is 37.1 Å². The number of anilines is 1. The van der Waals surface area contributed by atoms with Crippen molar-refractivity contribution in [2.45, 2.75) is 19.9 Å². The second-order valence-corrected chi connectivity index (χ2v) is 7.29. The van der Waals surface area contributed by atoms with Gasteiger partial charge in [-0.1, -0.05) is 18.2 Å². The molecule has 0 radical (unpaired) electrons. The topological polar surface area (TPSA) is 91.3 Å². The number of hydrogen-bond acceptors (Lipinski definition) is 8. The Morgan fingerprint density at radius 2 is 1.56 bits per heavy atom. The molecule has 2 aromatic heterocycles. The molecule has 0 aliphatic rings. The SMILES string of the molecule is COc1ncc(-c2cccc([C@@H](C)Nc3nc(C)nc4cc(OC)c(OC)cc34)c2)cn1. The van der Waals surface area contributed by atoms with Gasteiger partial charge in [0.2, 0.25) is 0 Å². The molecule has 0 saturated heterocycles. The van der Waals surface area contributed by atoms with E-state index in [1.54, 1.807) is 33.7 Å². The summed E-state index contributed by atoms with van der Waals surface area (Å²) in [5.41, 5.74) is 3.83. The van der Waals surface area contributed by atoms with Gasteiger partial charge < -0.3 is 19.5 Å². The first-order chi connectivity index (χ1) is 15.5. The van der Waals surface area contributed by atoms with E-state index in [-0.39, 0.29) is 6.04 Å². The lowest BCUT2D eigenvalue weighted by Gasteiger charge is -2.18. The van der Waals surface area contributed by atoms with Crippen LogP contribution in [0.5, 0.6) is 17.5 Å². The van der Waals surface area contributed by atoms with Gasteiger partial charge in [0.1, 0.15) is 11.6 Å². The van der Waals surface area contributed by atoms with Crippen molar-refractivity contribution in [2.75, 3.05) is 26.6 Å². The quantitative estimate of drug-likeness (QED) is 0.454. The van der Waals surface area contributed by atoms with Crippen LogP contribution in [0.2, 0.25) is 0 Å². The van der Waals surface area contributed by atoms with Crippen LogP contribution in [0.15, 0.2) is 48.8 Å². The Hall–Kier alpha value is -3.94. The van der Waals surface area contributed by atoms with Crippen LogP contribution in [-0.4, -0.2) is 41.3 Å². The molecule has 164 valence electrons. The average Bonchev–Trinajstić information content (AvgIpc) is 2.83. The Morgan fingerprint density at radius 1 is 0.844 bits per heavy atom. The third-order valence-electron chi connectivity index (χ3n) is 5.20. The molecule has 0 bridgehead atoms. The minimum absolute atomic E-state index is 0.0142. The smallest absolute Gasteiger partial charge is 0.316 e. The average molecular weight is 431 g/mol. The molecule has 0 fully saturated rings. The molecule has 8 heteroatoms. The van der Waals surface area contributed by atoms with Crippen LogP contribution < -0.4 is 19.5 Å². The highest BCUT2D eigenvalue weighted by Crippen LogP contribution is 2.35. The highest BCUT2D eigenvalue weighted by molar-refractivity contribution is 5.92. The zero-order valence-corrected chi connectivity index (χ0v) is 18.7. The largest absolute Gasteiger partial charge is 0.493 e. The standard InChI is InChI=1S/C24H25N5O3/c1-14(16-7-6-8-17(9-16)18-12-25-24(32-5)26-13-18)27-23-19-10-21(30-3)22(31-4)11-20(19)28-15(2)29-23/h6-14H,1-5H3,(H,27,28,29)/t14-/m1/s1. The lowest BCUT2D eigenvalue weighted by molar-refractivity contribution is 0.356. The second kappa shape index (κ2) is 9.05. The summed E-state index contributed by atoms with van der Waals surface area (Å²) >= 11 is 0. The monoisotopic (exact) mass is 431 g/mol. The lowest BCUT2D eigenvalue weighted by atomic mass is 10.0. The van der Waals surface area contributed by atoms with Gasteiger partial charge in [0.05, 0.1) is 26.8 Å². The molecule has 2 aromatic carbocycles. The molecular weight excluding hydrogens is 406 g/mol. The number of nitrogens with one attached hydrogen (secondary N) is 1. The number of fused-ring (bicyclic) bond motifs is 1. The molecule has 1 N–H and O–H groups in total. The summed E-state index contributed by atoms with van der Waals surface area (Å²) in [4.78, 5) is 17.6. The molecule has 0 aliphatic carbocycles. The van der Waals surface area contributed by atoms with E-state index in [0.29, 0.717) is 23.3 Å². The van der Waals surface area contributed by atoms with E-state index in [1.165, 1.54) is 0 Å². The molecule has 0 saturated carbocycles. The lowest BCUT2D eigenvalue weighted by Crippen LogP contribution is -2.10. The number of methoxy groups -OCH3 is 3.